The van der Waals surface area contributed by atoms with E-state index in [0.29, 0.717) is 13.2 Å². The first-order chi connectivity index (χ1) is 8.66. The summed E-state index contributed by atoms with van der Waals surface area (Å²) >= 11 is 0. The summed E-state index contributed by atoms with van der Waals surface area (Å²) in [5, 5.41) is 4.76. The first-order valence-corrected chi connectivity index (χ1v) is 6.13. The Morgan fingerprint density at radius 2 is 1.83 bits per heavy atom. The van der Waals surface area contributed by atoms with Crippen molar-refractivity contribution in [1.29, 1.82) is 0 Å². The quantitative estimate of drug-likeness (QED) is 0.838. The van der Waals surface area contributed by atoms with E-state index in [0.717, 1.165) is 29.9 Å². The highest BCUT2D eigenvalue weighted by Gasteiger charge is 2.13. The van der Waals surface area contributed by atoms with Gasteiger partial charge in [0.05, 0.1) is 13.2 Å². The van der Waals surface area contributed by atoms with Crippen molar-refractivity contribution in [2.75, 3.05) is 31.6 Å². The summed E-state index contributed by atoms with van der Waals surface area (Å²) in [6.07, 6.45) is 0. The Kier molecular flexibility index (Phi) is 4.17. The molecule has 0 saturated carbocycles. The van der Waals surface area contributed by atoms with Crippen molar-refractivity contribution in [3.8, 4) is 0 Å². The molecular weight excluding hydrogens is 230 g/mol. The van der Waals surface area contributed by atoms with Gasteiger partial charge in [-0.05, 0) is 25.0 Å². The van der Waals surface area contributed by atoms with E-state index in [1.807, 2.05) is 37.1 Å². The monoisotopic (exact) mass is 249 g/mol. The molecule has 1 heterocycles. The number of hydrazine groups is 1. The molecular formula is C13H19N3O2. The average molecular weight is 249 g/mol. The molecule has 1 aromatic carbocycles. The third-order valence-electron chi connectivity index (χ3n) is 2.99. The highest BCUT2D eigenvalue weighted by molar-refractivity contribution is 5.90. The fourth-order valence-electron chi connectivity index (χ4n) is 1.97. The predicted octanol–water partition coefficient (Wildman–Crippen LogP) is 1.67. The van der Waals surface area contributed by atoms with Crippen LogP contribution in [-0.2, 0) is 4.74 Å². The van der Waals surface area contributed by atoms with Crippen molar-refractivity contribution < 1.29 is 9.53 Å². The van der Waals surface area contributed by atoms with E-state index in [1.165, 1.54) is 0 Å². The zero-order valence-corrected chi connectivity index (χ0v) is 10.8. The number of carbonyl (C=O) groups excluding carboxylic acids is 1. The largest absolute Gasteiger partial charge is 0.379 e. The van der Waals surface area contributed by atoms with E-state index >= 15 is 0 Å². The average Bonchev–Trinajstić information content (AvgIpc) is 2.35. The van der Waals surface area contributed by atoms with Gasteiger partial charge in [0.1, 0.15) is 0 Å². The Morgan fingerprint density at radius 3 is 2.44 bits per heavy atom. The van der Waals surface area contributed by atoms with Crippen molar-refractivity contribution in [2.24, 2.45) is 0 Å². The van der Waals surface area contributed by atoms with Gasteiger partial charge >= 0.3 is 6.03 Å². The SMILES string of the molecule is Cc1cccc(C)c1NC(=O)NN1CCOCC1. The number of carbonyl (C=O) groups is 1. The van der Waals surface area contributed by atoms with Gasteiger partial charge < -0.3 is 10.1 Å². The van der Waals surface area contributed by atoms with Gasteiger partial charge in [-0.3, -0.25) is 5.43 Å². The van der Waals surface area contributed by atoms with Gasteiger partial charge in [0.2, 0.25) is 0 Å². The number of benzene rings is 1. The molecule has 0 aromatic heterocycles. The van der Waals surface area contributed by atoms with Crippen LogP contribution in [0.1, 0.15) is 11.1 Å². The Hall–Kier alpha value is -1.59. The summed E-state index contributed by atoms with van der Waals surface area (Å²) < 4.78 is 5.22. The Balaban J connectivity index is 1.94. The number of para-hydroxylation sites is 1. The Morgan fingerprint density at radius 1 is 1.22 bits per heavy atom. The first kappa shape index (κ1) is 12.9. The van der Waals surface area contributed by atoms with Crippen LogP contribution in [0.15, 0.2) is 18.2 Å². The van der Waals surface area contributed by atoms with E-state index in [4.69, 9.17) is 4.74 Å². The van der Waals surface area contributed by atoms with Crippen LogP contribution in [0.5, 0.6) is 0 Å². The molecule has 1 aliphatic rings. The maximum atomic E-state index is 11.9. The topological polar surface area (TPSA) is 53.6 Å². The van der Waals surface area contributed by atoms with Gasteiger partial charge in [-0.1, -0.05) is 18.2 Å². The number of ether oxygens (including phenoxy) is 1. The Labute approximate surface area is 107 Å². The molecule has 0 atom stereocenters. The van der Waals surface area contributed by atoms with Crippen LogP contribution < -0.4 is 10.7 Å². The van der Waals surface area contributed by atoms with Gasteiger partial charge in [-0.25, -0.2) is 9.80 Å². The number of aryl methyl sites for hydroxylation is 2. The van der Waals surface area contributed by atoms with Crippen molar-refractivity contribution >= 4 is 11.7 Å². The molecule has 98 valence electrons. The van der Waals surface area contributed by atoms with Gasteiger partial charge in [-0.15, -0.1) is 0 Å². The van der Waals surface area contributed by atoms with E-state index in [9.17, 15) is 4.79 Å². The van der Waals surface area contributed by atoms with Crippen molar-refractivity contribution in [2.45, 2.75) is 13.8 Å². The summed E-state index contributed by atoms with van der Waals surface area (Å²) in [7, 11) is 0. The molecule has 1 aromatic rings. The molecule has 0 unspecified atom stereocenters. The van der Waals surface area contributed by atoms with Gasteiger partial charge in [0.15, 0.2) is 0 Å². The number of hydrogen-bond donors (Lipinski definition) is 2. The zero-order chi connectivity index (χ0) is 13.0. The van der Waals surface area contributed by atoms with Crippen LogP contribution in [0.2, 0.25) is 0 Å². The van der Waals surface area contributed by atoms with E-state index in [-0.39, 0.29) is 6.03 Å². The normalized spacial score (nSPS) is 16.3. The lowest BCUT2D eigenvalue weighted by molar-refractivity contribution is 0.0207. The third kappa shape index (κ3) is 3.21. The molecule has 18 heavy (non-hydrogen) atoms. The number of nitrogens with zero attached hydrogens (tertiary/aromatic N) is 1. The second kappa shape index (κ2) is 5.84. The minimum absolute atomic E-state index is 0.200. The number of rotatable bonds is 2. The fraction of sp³-hybridized carbons (Fsp3) is 0.462. The summed E-state index contributed by atoms with van der Waals surface area (Å²) in [5.41, 5.74) is 5.83. The van der Waals surface area contributed by atoms with Crippen LogP contribution in [-0.4, -0.2) is 37.3 Å². The number of nitrogens with one attached hydrogen (secondary N) is 2. The second-order valence-corrected chi connectivity index (χ2v) is 4.43. The summed E-state index contributed by atoms with van der Waals surface area (Å²) in [6.45, 7) is 6.72. The maximum absolute atomic E-state index is 11.9. The van der Waals surface area contributed by atoms with Crippen molar-refractivity contribution in [3.63, 3.8) is 0 Å². The highest BCUT2D eigenvalue weighted by Crippen LogP contribution is 2.19. The fourth-order valence-corrected chi connectivity index (χ4v) is 1.97. The zero-order valence-electron chi connectivity index (χ0n) is 10.8. The lowest BCUT2D eigenvalue weighted by Gasteiger charge is -2.27. The Bertz CT molecular complexity index is 408. The maximum Gasteiger partial charge on any atom is 0.333 e. The smallest absolute Gasteiger partial charge is 0.333 e. The molecule has 1 fully saturated rings. The summed E-state index contributed by atoms with van der Waals surface area (Å²) in [6, 6.07) is 5.75. The molecule has 1 saturated heterocycles. The predicted molar refractivity (Wildman–Crippen MR) is 70.5 cm³/mol. The lowest BCUT2D eigenvalue weighted by atomic mass is 10.1. The standard InChI is InChI=1S/C13H19N3O2/c1-10-4-3-5-11(2)12(10)14-13(17)15-16-6-8-18-9-7-16/h3-5H,6-9H2,1-2H3,(H2,14,15,17). The molecule has 1 aliphatic heterocycles. The van der Waals surface area contributed by atoms with E-state index in [2.05, 4.69) is 10.7 Å². The molecule has 0 bridgehead atoms. The van der Waals surface area contributed by atoms with Gasteiger partial charge in [0, 0.05) is 18.8 Å². The number of morpholine rings is 1. The number of urea groups is 1. The first-order valence-electron chi connectivity index (χ1n) is 6.13. The minimum Gasteiger partial charge on any atom is -0.379 e. The summed E-state index contributed by atoms with van der Waals surface area (Å²) in [5.74, 6) is 0. The van der Waals surface area contributed by atoms with Crippen molar-refractivity contribution in [1.82, 2.24) is 10.4 Å². The lowest BCUT2D eigenvalue weighted by Crippen LogP contribution is -2.49. The third-order valence-corrected chi connectivity index (χ3v) is 2.99. The van der Waals surface area contributed by atoms with Crippen LogP contribution in [0, 0.1) is 13.8 Å². The van der Waals surface area contributed by atoms with Crippen LogP contribution in [0.3, 0.4) is 0 Å². The molecule has 0 spiro atoms. The van der Waals surface area contributed by atoms with Crippen molar-refractivity contribution in [3.05, 3.63) is 29.3 Å². The molecule has 5 nitrogen and oxygen atoms in total. The van der Waals surface area contributed by atoms with Crippen LogP contribution in [0.25, 0.3) is 0 Å². The molecule has 5 heteroatoms. The number of anilines is 1. The molecule has 0 radical (unpaired) electrons. The second-order valence-electron chi connectivity index (χ2n) is 4.43. The number of hydrogen-bond acceptors (Lipinski definition) is 3. The van der Waals surface area contributed by atoms with Gasteiger partial charge in [-0.2, -0.15) is 0 Å². The van der Waals surface area contributed by atoms with E-state index in [1.54, 1.807) is 0 Å². The minimum atomic E-state index is -0.200. The molecule has 0 aliphatic carbocycles. The molecule has 2 amide bonds. The number of amides is 2. The summed E-state index contributed by atoms with van der Waals surface area (Å²) in [4.78, 5) is 11.9. The highest BCUT2D eigenvalue weighted by atomic mass is 16.5. The van der Waals surface area contributed by atoms with E-state index < -0.39 is 0 Å². The molecule has 2 N–H and O–H groups in total. The van der Waals surface area contributed by atoms with Crippen LogP contribution in [0.4, 0.5) is 10.5 Å². The van der Waals surface area contributed by atoms with Crippen LogP contribution >= 0.6 is 0 Å². The molecule has 2 rings (SSSR count). The van der Waals surface area contributed by atoms with Gasteiger partial charge in [0.25, 0.3) is 0 Å².